The van der Waals surface area contributed by atoms with Gasteiger partial charge in [0, 0.05) is 0 Å². The predicted octanol–water partition coefficient (Wildman–Crippen LogP) is 2.68. The van der Waals surface area contributed by atoms with Gasteiger partial charge < -0.3 is 4.42 Å². The van der Waals surface area contributed by atoms with Crippen LogP contribution in [0.15, 0.2) is 33.5 Å². The normalized spacial score (nSPS) is 10.6. The fraction of sp³-hybridized carbons (Fsp3) is 0.176. The van der Waals surface area contributed by atoms with Gasteiger partial charge in [-0.25, -0.2) is 0 Å². The van der Waals surface area contributed by atoms with Crippen LogP contribution in [0.25, 0.3) is 10.2 Å². The first kappa shape index (κ1) is 16.7. The van der Waals surface area contributed by atoms with E-state index in [-0.39, 0.29) is 40.0 Å². The summed E-state index contributed by atoms with van der Waals surface area (Å²) in [6.07, 6.45) is 0. The van der Waals surface area contributed by atoms with Crippen molar-refractivity contribution in [3.05, 3.63) is 50.8 Å². The van der Waals surface area contributed by atoms with Crippen molar-refractivity contribution in [3.63, 3.8) is 0 Å². The monoisotopic (exact) mass is 355 g/mol. The van der Waals surface area contributed by atoms with Gasteiger partial charge in [0.1, 0.15) is 23.9 Å². The van der Waals surface area contributed by atoms with Crippen molar-refractivity contribution in [3.8, 4) is 6.07 Å². The molecule has 0 unspecified atom stereocenters. The molecule has 0 radical (unpaired) electrons. The molecule has 0 bridgehead atoms. The highest BCUT2D eigenvalue weighted by Crippen LogP contribution is 2.27. The topological polar surface area (TPSA) is 105 Å². The third-order valence-corrected chi connectivity index (χ3v) is 4.64. The third-order valence-electron chi connectivity index (χ3n) is 3.68. The maximum atomic E-state index is 12.3. The Bertz CT molecular complexity index is 1100. The van der Waals surface area contributed by atoms with Gasteiger partial charge in [-0.3, -0.25) is 24.3 Å². The summed E-state index contributed by atoms with van der Waals surface area (Å²) in [6.45, 7) is 2.65. The van der Waals surface area contributed by atoms with E-state index in [1.165, 1.54) is 11.5 Å². The van der Waals surface area contributed by atoms with Gasteiger partial charge in [-0.1, -0.05) is 23.5 Å². The lowest BCUT2D eigenvalue weighted by atomic mass is 10.1. The fourth-order valence-electron chi connectivity index (χ4n) is 2.64. The number of hydrogen-bond donors (Lipinski definition) is 1. The Hall–Kier alpha value is -3.18. The smallest absolute Gasteiger partial charge is 0.308 e. The number of Topliss-reactive ketones (excluding diaryl/α,β-unsaturated/α-hetero) is 1. The number of nitrogens with one attached hydrogen (secondary N) is 1. The Morgan fingerprint density at radius 3 is 2.76 bits per heavy atom. The van der Waals surface area contributed by atoms with E-state index in [0.29, 0.717) is 5.52 Å². The van der Waals surface area contributed by atoms with E-state index in [4.69, 9.17) is 4.42 Å². The summed E-state index contributed by atoms with van der Waals surface area (Å²) in [5.41, 5.74) is 0.796. The molecular weight excluding hydrogens is 342 g/mol. The second-order valence-electron chi connectivity index (χ2n) is 5.38. The molecule has 7 nitrogen and oxygen atoms in total. The molecule has 1 N–H and O–H groups in total. The van der Waals surface area contributed by atoms with Crippen molar-refractivity contribution in [2.45, 2.75) is 20.4 Å². The van der Waals surface area contributed by atoms with Crippen molar-refractivity contribution < 1.29 is 14.0 Å². The summed E-state index contributed by atoms with van der Waals surface area (Å²) in [5.74, 6) is -0.662. The summed E-state index contributed by atoms with van der Waals surface area (Å²) in [7, 11) is 0. The number of benzene rings is 1. The van der Waals surface area contributed by atoms with Crippen LogP contribution in [0, 0.1) is 18.3 Å². The number of hydrogen-bond acceptors (Lipinski definition) is 6. The second kappa shape index (κ2) is 6.37. The number of anilines is 1. The highest BCUT2D eigenvalue weighted by atomic mass is 32.1. The van der Waals surface area contributed by atoms with Crippen LogP contribution >= 0.6 is 11.3 Å². The molecular formula is C17H13N3O4S. The minimum Gasteiger partial charge on any atom is -0.443 e. The molecule has 0 spiro atoms. The Morgan fingerprint density at radius 1 is 1.36 bits per heavy atom. The molecule has 2 heterocycles. The Balaban J connectivity index is 1.90. The molecule has 126 valence electrons. The van der Waals surface area contributed by atoms with Crippen LogP contribution in [-0.4, -0.2) is 16.3 Å². The van der Waals surface area contributed by atoms with Crippen LogP contribution < -0.4 is 10.2 Å². The van der Waals surface area contributed by atoms with Gasteiger partial charge in [-0.05, 0) is 26.0 Å². The molecule has 1 aromatic carbocycles. The molecule has 0 aliphatic heterocycles. The largest absolute Gasteiger partial charge is 0.443 e. The minimum absolute atomic E-state index is 0.0131. The zero-order chi connectivity index (χ0) is 18.1. The van der Waals surface area contributed by atoms with Crippen LogP contribution in [-0.2, 0) is 11.3 Å². The number of thiazole rings is 1. The summed E-state index contributed by atoms with van der Waals surface area (Å²) in [4.78, 5) is 35.8. The van der Waals surface area contributed by atoms with Crippen molar-refractivity contribution in [1.82, 2.24) is 4.57 Å². The molecule has 25 heavy (non-hydrogen) atoms. The Morgan fingerprint density at radius 2 is 2.08 bits per heavy atom. The summed E-state index contributed by atoms with van der Waals surface area (Å²) in [6, 6.07) is 9.04. The lowest BCUT2D eigenvalue weighted by Gasteiger charge is -2.04. The lowest BCUT2D eigenvalue weighted by molar-refractivity contribution is -0.116. The standard InChI is InChI=1S/C17H13N3O4S/c1-9(21)15-10(2)24-16(11(15)7-18)19-14(22)8-20-12-5-3-4-6-13(12)25-17(20)23/h3-6H,8H2,1-2H3,(H,19,22). The van der Waals surface area contributed by atoms with Gasteiger partial charge in [-0.15, -0.1) is 0 Å². The van der Waals surface area contributed by atoms with Gasteiger partial charge >= 0.3 is 4.87 Å². The second-order valence-corrected chi connectivity index (χ2v) is 6.37. The van der Waals surface area contributed by atoms with Crippen molar-refractivity contribution in [2.24, 2.45) is 0 Å². The lowest BCUT2D eigenvalue weighted by Crippen LogP contribution is -2.24. The molecule has 0 aliphatic carbocycles. The quantitative estimate of drug-likeness (QED) is 0.724. The molecule has 3 rings (SSSR count). The molecule has 0 aliphatic rings. The van der Waals surface area contributed by atoms with Gasteiger partial charge in [-0.2, -0.15) is 5.26 Å². The maximum absolute atomic E-state index is 12.3. The average molecular weight is 355 g/mol. The number of furan rings is 1. The third kappa shape index (κ3) is 2.97. The van der Waals surface area contributed by atoms with Gasteiger partial charge in [0.25, 0.3) is 0 Å². The van der Waals surface area contributed by atoms with Crippen LogP contribution in [0.1, 0.15) is 28.6 Å². The zero-order valence-electron chi connectivity index (χ0n) is 13.5. The van der Waals surface area contributed by atoms with Crippen LogP contribution in [0.5, 0.6) is 0 Å². The highest BCUT2D eigenvalue weighted by molar-refractivity contribution is 7.16. The summed E-state index contributed by atoms with van der Waals surface area (Å²) in [5, 5.41) is 11.7. The molecule has 0 atom stereocenters. The van der Waals surface area contributed by atoms with Gasteiger partial charge in [0.05, 0.1) is 15.8 Å². The number of aromatic nitrogens is 1. The van der Waals surface area contributed by atoms with Crippen molar-refractivity contribution >= 4 is 39.1 Å². The summed E-state index contributed by atoms with van der Waals surface area (Å²) < 4.78 is 7.48. The average Bonchev–Trinajstić information content (AvgIpc) is 3.04. The first-order valence-corrected chi connectivity index (χ1v) is 8.16. The van der Waals surface area contributed by atoms with E-state index < -0.39 is 5.91 Å². The minimum atomic E-state index is -0.522. The first-order chi connectivity index (χ1) is 11.9. The van der Waals surface area contributed by atoms with E-state index in [0.717, 1.165) is 16.0 Å². The molecule has 2 aromatic heterocycles. The number of aryl methyl sites for hydroxylation is 1. The number of amides is 1. The number of ketones is 1. The Kier molecular flexibility index (Phi) is 4.25. The van der Waals surface area contributed by atoms with Gasteiger partial charge in [0.15, 0.2) is 5.78 Å². The predicted molar refractivity (Wildman–Crippen MR) is 92.9 cm³/mol. The van der Waals surface area contributed by atoms with E-state index in [1.54, 1.807) is 25.1 Å². The zero-order valence-corrected chi connectivity index (χ0v) is 14.3. The highest BCUT2D eigenvalue weighted by Gasteiger charge is 2.22. The molecule has 3 aromatic rings. The number of carbonyl (C=O) groups is 2. The van der Waals surface area contributed by atoms with Crippen molar-refractivity contribution in [2.75, 3.05) is 5.32 Å². The fourth-order valence-corrected chi connectivity index (χ4v) is 3.53. The van der Waals surface area contributed by atoms with Crippen LogP contribution in [0.3, 0.4) is 0 Å². The molecule has 0 saturated carbocycles. The molecule has 0 saturated heterocycles. The number of nitriles is 1. The van der Waals surface area contributed by atoms with Crippen LogP contribution in [0.2, 0.25) is 0 Å². The maximum Gasteiger partial charge on any atom is 0.308 e. The van der Waals surface area contributed by atoms with Crippen LogP contribution in [0.4, 0.5) is 5.88 Å². The van der Waals surface area contributed by atoms with E-state index in [1.807, 2.05) is 12.1 Å². The number of carbonyl (C=O) groups excluding carboxylic acids is 2. The first-order valence-electron chi connectivity index (χ1n) is 7.35. The number of rotatable bonds is 4. The number of nitrogens with zero attached hydrogens (tertiary/aromatic N) is 2. The summed E-state index contributed by atoms with van der Waals surface area (Å²) >= 11 is 1.05. The number of fused-ring (bicyclic) bond motifs is 1. The van der Waals surface area contributed by atoms with Gasteiger partial charge in [0.2, 0.25) is 11.8 Å². The van der Waals surface area contributed by atoms with Crippen molar-refractivity contribution in [1.29, 1.82) is 5.26 Å². The molecule has 1 amide bonds. The van der Waals surface area contributed by atoms with E-state index >= 15 is 0 Å². The molecule has 8 heteroatoms. The van der Waals surface area contributed by atoms with E-state index in [2.05, 4.69) is 5.32 Å². The SMILES string of the molecule is CC(=O)c1c(C)oc(NC(=O)Cn2c(=O)sc3ccccc32)c1C#N. The molecule has 0 fully saturated rings. The Labute approximate surface area is 146 Å². The van der Waals surface area contributed by atoms with E-state index in [9.17, 15) is 19.6 Å². The number of para-hydroxylation sites is 1.